The third-order valence-electron chi connectivity index (χ3n) is 5.22. The molecule has 11 nitrogen and oxygen atoms in total. The van der Waals surface area contributed by atoms with E-state index < -0.39 is 0 Å². The summed E-state index contributed by atoms with van der Waals surface area (Å²) in [5, 5.41) is 26.3. The van der Waals surface area contributed by atoms with Gasteiger partial charge in [-0.25, -0.2) is 20.0 Å². The van der Waals surface area contributed by atoms with Gasteiger partial charge in [0.1, 0.15) is 0 Å². The van der Waals surface area contributed by atoms with E-state index >= 15 is 0 Å². The van der Waals surface area contributed by atoms with Crippen LogP contribution in [0, 0.1) is 0 Å². The lowest BCUT2D eigenvalue weighted by Crippen LogP contribution is -2.52. The fourth-order valence-corrected chi connectivity index (χ4v) is 2.58. The number of nitrogens with two attached hydrogens (primary N) is 2. The minimum absolute atomic E-state index is 0.104. The molecular formula is C18H46N8O3. The zero-order chi connectivity index (χ0) is 22.4. The van der Waals surface area contributed by atoms with E-state index in [1.54, 1.807) is 0 Å². The van der Waals surface area contributed by atoms with Gasteiger partial charge in [0.15, 0.2) is 0 Å². The Morgan fingerprint density at radius 2 is 0.966 bits per heavy atom. The minimum Gasteiger partial charge on any atom is -0.395 e. The van der Waals surface area contributed by atoms with Crippen LogP contribution < -0.4 is 11.5 Å². The molecule has 0 saturated carbocycles. The van der Waals surface area contributed by atoms with Crippen LogP contribution in [0.15, 0.2) is 0 Å². The van der Waals surface area contributed by atoms with Gasteiger partial charge in [-0.05, 0) is 14.1 Å². The van der Waals surface area contributed by atoms with Crippen molar-refractivity contribution < 1.29 is 14.9 Å². The van der Waals surface area contributed by atoms with Crippen molar-refractivity contribution >= 4 is 0 Å². The van der Waals surface area contributed by atoms with Gasteiger partial charge < -0.3 is 26.4 Å². The maximum Gasteiger partial charge on any atom is 0.0715 e. The molecule has 0 aliphatic heterocycles. The van der Waals surface area contributed by atoms with Gasteiger partial charge in [0.25, 0.3) is 0 Å². The second kappa shape index (κ2) is 16.3. The minimum atomic E-state index is -0.137. The summed E-state index contributed by atoms with van der Waals surface area (Å²) < 4.78 is 5.77. The molecule has 11 heteroatoms. The zero-order valence-electron chi connectivity index (χ0n) is 19.4. The summed E-state index contributed by atoms with van der Waals surface area (Å²) in [7, 11) is 11.8. The lowest BCUT2D eigenvalue weighted by Gasteiger charge is -2.34. The standard InChI is InChI=1S/C18H46N8O3/c1-21(7-11-27)17(19)15-25(5)23(3)9-13-29-14-10-24(4)26(6)16-18(20)22(2)8-12-28/h17-18,27-28H,7-16,19-20H2,1-6H3. The molecular weight excluding hydrogens is 376 g/mol. The van der Waals surface area contributed by atoms with Gasteiger partial charge in [-0.15, -0.1) is 0 Å². The maximum atomic E-state index is 9.00. The molecule has 0 aromatic heterocycles. The number of hydrazine groups is 2. The summed E-state index contributed by atoms with van der Waals surface area (Å²) in [6, 6.07) is 0. The second-order valence-corrected chi connectivity index (χ2v) is 7.60. The quantitative estimate of drug-likeness (QED) is 0.103. The van der Waals surface area contributed by atoms with E-state index in [9.17, 15) is 0 Å². The average molecular weight is 423 g/mol. The van der Waals surface area contributed by atoms with E-state index in [1.165, 1.54) is 0 Å². The van der Waals surface area contributed by atoms with Crippen LogP contribution in [-0.4, -0.2) is 160 Å². The van der Waals surface area contributed by atoms with Crippen LogP contribution >= 0.6 is 0 Å². The van der Waals surface area contributed by atoms with E-state index in [0.29, 0.717) is 39.4 Å². The fraction of sp³-hybridized carbons (Fsp3) is 1.00. The smallest absolute Gasteiger partial charge is 0.0715 e. The molecule has 0 saturated heterocycles. The van der Waals surface area contributed by atoms with Gasteiger partial charge in [-0.1, -0.05) is 0 Å². The third-order valence-corrected chi connectivity index (χ3v) is 5.22. The Morgan fingerprint density at radius 1 is 0.621 bits per heavy atom. The van der Waals surface area contributed by atoms with E-state index in [0.717, 1.165) is 13.1 Å². The van der Waals surface area contributed by atoms with Crippen molar-refractivity contribution in [2.75, 3.05) is 108 Å². The Morgan fingerprint density at radius 3 is 1.28 bits per heavy atom. The van der Waals surface area contributed by atoms with Crippen LogP contribution in [0.25, 0.3) is 0 Å². The number of ether oxygens (including phenoxy) is 1. The summed E-state index contributed by atoms with van der Waals surface area (Å²) >= 11 is 0. The molecule has 0 fully saturated rings. The summed E-state index contributed by atoms with van der Waals surface area (Å²) in [5.41, 5.74) is 12.3. The molecule has 0 spiro atoms. The van der Waals surface area contributed by atoms with E-state index in [-0.39, 0.29) is 25.5 Å². The average Bonchev–Trinajstić information content (AvgIpc) is 2.67. The Balaban J connectivity index is 3.98. The van der Waals surface area contributed by atoms with Gasteiger partial charge >= 0.3 is 0 Å². The first-order chi connectivity index (χ1) is 13.6. The van der Waals surface area contributed by atoms with Crippen molar-refractivity contribution in [1.82, 2.24) is 29.8 Å². The molecule has 176 valence electrons. The second-order valence-electron chi connectivity index (χ2n) is 7.60. The number of hydrogen-bond acceptors (Lipinski definition) is 11. The van der Waals surface area contributed by atoms with Crippen molar-refractivity contribution in [1.29, 1.82) is 0 Å². The van der Waals surface area contributed by atoms with Crippen molar-refractivity contribution in [3.63, 3.8) is 0 Å². The molecule has 0 bridgehead atoms. The molecule has 2 atom stereocenters. The molecule has 0 aromatic rings. The Kier molecular flexibility index (Phi) is 16.0. The van der Waals surface area contributed by atoms with Crippen LogP contribution in [-0.2, 0) is 4.74 Å². The highest BCUT2D eigenvalue weighted by Crippen LogP contribution is 1.98. The van der Waals surface area contributed by atoms with Crippen molar-refractivity contribution in [3.8, 4) is 0 Å². The first kappa shape index (κ1) is 28.6. The van der Waals surface area contributed by atoms with Gasteiger partial charge in [0.2, 0.25) is 0 Å². The number of hydrogen-bond donors (Lipinski definition) is 4. The molecule has 0 aliphatic rings. The molecule has 0 aromatic carbocycles. The highest BCUT2D eigenvalue weighted by Gasteiger charge is 2.16. The molecule has 6 N–H and O–H groups in total. The lowest BCUT2D eigenvalue weighted by atomic mass is 10.4. The number of aliphatic hydroxyl groups is 2. The predicted molar refractivity (Wildman–Crippen MR) is 117 cm³/mol. The lowest BCUT2D eigenvalue weighted by molar-refractivity contribution is -0.0374. The van der Waals surface area contributed by atoms with Crippen LogP contribution in [0.1, 0.15) is 0 Å². The van der Waals surface area contributed by atoms with Crippen molar-refractivity contribution in [2.24, 2.45) is 11.5 Å². The van der Waals surface area contributed by atoms with Gasteiger partial charge in [-0.2, -0.15) is 0 Å². The summed E-state index contributed by atoms with van der Waals surface area (Å²) in [6.45, 7) is 5.46. The van der Waals surface area contributed by atoms with Gasteiger partial charge in [-0.3, -0.25) is 9.80 Å². The van der Waals surface area contributed by atoms with E-state index in [4.69, 9.17) is 26.4 Å². The SMILES string of the molecule is CN(CCO)C(N)CN(C)N(C)CCOCCN(C)N(C)CC(N)N(C)CCO. The molecule has 29 heavy (non-hydrogen) atoms. The zero-order valence-corrected chi connectivity index (χ0v) is 19.4. The Hall–Kier alpha value is -0.440. The number of nitrogens with zero attached hydrogens (tertiary/aromatic N) is 6. The third kappa shape index (κ3) is 12.8. The Bertz CT molecular complexity index is 362. The molecule has 0 rings (SSSR count). The monoisotopic (exact) mass is 422 g/mol. The number of rotatable bonds is 18. The molecule has 0 radical (unpaired) electrons. The predicted octanol–water partition coefficient (Wildman–Crippen LogP) is -3.02. The van der Waals surface area contributed by atoms with Crippen LogP contribution in [0.3, 0.4) is 0 Å². The first-order valence-corrected chi connectivity index (χ1v) is 10.2. The molecule has 0 heterocycles. The summed E-state index contributed by atoms with van der Waals surface area (Å²) in [4.78, 5) is 3.86. The van der Waals surface area contributed by atoms with Gasteiger partial charge in [0, 0.05) is 67.5 Å². The van der Waals surface area contributed by atoms with E-state index in [2.05, 4.69) is 20.0 Å². The normalized spacial score (nSPS) is 14.9. The molecule has 0 amide bonds. The van der Waals surface area contributed by atoms with E-state index in [1.807, 2.05) is 52.1 Å². The molecule has 2 unspecified atom stereocenters. The Labute approximate surface area is 177 Å². The topological polar surface area (TPSA) is 121 Å². The van der Waals surface area contributed by atoms with Crippen molar-refractivity contribution in [3.05, 3.63) is 0 Å². The largest absolute Gasteiger partial charge is 0.395 e. The highest BCUT2D eigenvalue weighted by atomic mass is 16.5. The number of likely N-dealkylation sites (N-methyl/N-ethyl adjacent to an activating group) is 6. The van der Waals surface area contributed by atoms with Crippen LogP contribution in [0.2, 0.25) is 0 Å². The number of aliphatic hydroxyl groups excluding tert-OH is 2. The fourth-order valence-electron chi connectivity index (χ4n) is 2.58. The van der Waals surface area contributed by atoms with Gasteiger partial charge in [0.05, 0.1) is 38.8 Å². The summed E-state index contributed by atoms with van der Waals surface area (Å²) in [5.74, 6) is 0. The summed E-state index contributed by atoms with van der Waals surface area (Å²) in [6.07, 6.45) is -0.273. The van der Waals surface area contributed by atoms with Crippen LogP contribution in [0.4, 0.5) is 0 Å². The maximum absolute atomic E-state index is 9.00. The highest BCUT2D eigenvalue weighted by molar-refractivity contribution is 4.66. The first-order valence-electron chi connectivity index (χ1n) is 10.2. The van der Waals surface area contributed by atoms with Crippen molar-refractivity contribution in [2.45, 2.75) is 12.3 Å². The van der Waals surface area contributed by atoms with Crippen LogP contribution in [0.5, 0.6) is 0 Å². The molecule has 0 aliphatic carbocycles.